The number of carbonyl (C=O) groups excluding carboxylic acids is 1. The molecule has 0 aliphatic heterocycles. The molecule has 6 nitrogen and oxygen atoms in total. The van der Waals surface area contributed by atoms with Crippen LogP contribution in [0.25, 0.3) is 0 Å². The number of hydrogen-bond acceptors (Lipinski definition) is 5. The van der Waals surface area contributed by atoms with Gasteiger partial charge in [0.05, 0.1) is 27.1 Å². The molecular weight excluding hydrogens is 296 g/mol. The molecule has 0 saturated heterocycles. The number of nitro groups is 1. The van der Waals surface area contributed by atoms with Crippen molar-refractivity contribution in [2.45, 2.75) is 0 Å². The normalized spacial score (nSPS) is 9.71. The number of nitro benzene ring substituents is 1. The van der Waals surface area contributed by atoms with E-state index in [1.807, 2.05) is 6.07 Å². The summed E-state index contributed by atoms with van der Waals surface area (Å²) in [6, 6.07) is 11.4. The lowest BCUT2D eigenvalue weighted by atomic mass is 10.2. The van der Waals surface area contributed by atoms with Gasteiger partial charge in [-0.2, -0.15) is 5.26 Å². The van der Waals surface area contributed by atoms with Gasteiger partial charge in [0, 0.05) is 12.1 Å². The van der Waals surface area contributed by atoms with E-state index in [0.717, 1.165) is 12.1 Å². The number of esters is 1. The first kappa shape index (κ1) is 14.5. The van der Waals surface area contributed by atoms with E-state index in [4.69, 9.17) is 21.6 Å². The fourth-order valence-electron chi connectivity index (χ4n) is 1.57. The van der Waals surface area contributed by atoms with E-state index < -0.39 is 10.9 Å². The summed E-state index contributed by atoms with van der Waals surface area (Å²) < 4.78 is 5.08. The van der Waals surface area contributed by atoms with E-state index >= 15 is 0 Å². The third-order valence-electron chi connectivity index (χ3n) is 2.56. The predicted octanol–water partition coefficient (Wildman–Crippen LogP) is 3.34. The number of nitrogens with zero attached hydrogens (tertiary/aromatic N) is 2. The number of nitriles is 1. The summed E-state index contributed by atoms with van der Waals surface area (Å²) in [7, 11) is 0. The van der Waals surface area contributed by atoms with Gasteiger partial charge in [0.15, 0.2) is 0 Å². The van der Waals surface area contributed by atoms with Gasteiger partial charge in [-0.25, -0.2) is 4.79 Å². The van der Waals surface area contributed by atoms with Crippen LogP contribution in [-0.4, -0.2) is 10.9 Å². The van der Waals surface area contributed by atoms with Crippen molar-refractivity contribution in [2.75, 3.05) is 0 Å². The molecule has 0 radical (unpaired) electrons. The molecule has 2 rings (SSSR count). The van der Waals surface area contributed by atoms with Crippen LogP contribution in [0.3, 0.4) is 0 Å². The fraction of sp³-hybridized carbons (Fsp3) is 0. The zero-order valence-corrected chi connectivity index (χ0v) is 11.2. The summed E-state index contributed by atoms with van der Waals surface area (Å²) in [5.41, 5.74) is 0.128. The van der Waals surface area contributed by atoms with Crippen molar-refractivity contribution in [1.82, 2.24) is 0 Å². The maximum atomic E-state index is 12.0. The molecule has 0 aromatic heterocycles. The third kappa shape index (κ3) is 3.35. The van der Waals surface area contributed by atoms with Gasteiger partial charge >= 0.3 is 5.97 Å². The van der Waals surface area contributed by atoms with Crippen LogP contribution in [0.5, 0.6) is 5.75 Å². The van der Waals surface area contributed by atoms with Gasteiger partial charge in [0.25, 0.3) is 5.69 Å². The monoisotopic (exact) mass is 302 g/mol. The Morgan fingerprint density at radius 1 is 1.29 bits per heavy atom. The largest absolute Gasteiger partial charge is 0.423 e. The maximum absolute atomic E-state index is 12.0. The number of ether oxygens (including phenoxy) is 1. The predicted molar refractivity (Wildman–Crippen MR) is 74.2 cm³/mol. The van der Waals surface area contributed by atoms with Gasteiger partial charge in [-0.1, -0.05) is 17.7 Å². The third-order valence-corrected chi connectivity index (χ3v) is 2.87. The molecule has 2 aromatic carbocycles. The molecule has 0 fully saturated rings. The Hall–Kier alpha value is -2.91. The standard InChI is InChI=1S/C14H7ClN2O4/c15-13-7-10(17(19)20)4-5-12(13)14(18)21-11-3-1-2-9(6-11)8-16/h1-7H. The summed E-state index contributed by atoms with van der Waals surface area (Å²) in [5.74, 6) is -0.571. The van der Waals surface area contributed by atoms with Crippen molar-refractivity contribution in [3.8, 4) is 11.8 Å². The van der Waals surface area contributed by atoms with Crippen LogP contribution in [0, 0.1) is 21.4 Å². The minimum atomic E-state index is -0.759. The highest BCUT2D eigenvalue weighted by molar-refractivity contribution is 6.33. The Kier molecular flexibility index (Phi) is 4.16. The molecule has 0 amide bonds. The number of non-ortho nitro benzene ring substituents is 1. The Morgan fingerprint density at radius 3 is 2.67 bits per heavy atom. The first-order chi connectivity index (χ1) is 10.0. The van der Waals surface area contributed by atoms with E-state index in [0.29, 0.717) is 5.56 Å². The molecule has 2 aromatic rings. The quantitative estimate of drug-likeness (QED) is 0.375. The molecule has 0 heterocycles. The van der Waals surface area contributed by atoms with Crippen LogP contribution in [0.2, 0.25) is 5.02 Å². The summed E-state index contributed by atoms with van der Waals surface area (Å²) in [4.78, 5) is 21.9. The molecule has 0 aliphatic carbocycles. The van der Waals surface area contributed by atoms with E-state index in [1.54, 1.807) is 12.1 Å². The molecule has 7 heteroatoms. The van der Waals surface area contributed by atoms with Gasteiger partial charge in [-0.15, -0.1) is 0 Å². The smallest absolute Gasteiger partial charge is 0.345 e. The van der Waals surface area contributed by atoms with Crippen LogP contribution in [0.1, 0.15) is 15.9 Å². The zero-order valence-electron chi connectivity index (χ0n) is 10.4. The van der Waals surface area contributed by atoms with Crippen molar-refractivity contribution < 1.29 is 14.5 Å². The molecule has 21 heavy (non-hydrogen) atoms. The van der Waals surface area contributed by atoms with E-state index in [9.17, 15) is 14.9 Å². The highest BCUT2D eigenvalue weighted by Crippen LogP contribution is 2.24. The second kappa shape index (κ2) is 6.03. The van der Waals surface area contributed by atoms with Crippen LogP contribution >= 0.6 is 11.6 Å². The van der Waals surface area contributed by atoms with E-state index in [1.165, 1.54) is 18.2 Å². The Balaban J connectivity index is 2.24. The SMILES string of the molecule is N#Cc1cccc(OC(=O)c2ccc([N+](=O)[O-])cc2Cl)c1. The van der Waals surface area contributed by atoms with Crippen molar-refractivity contribution in [1.29, 1.82) is 5.26 Å². The highest BCUT2D eigenvalue weighted by atomic mass is 35.5. The van der Waals surface area contributed by atoms with Gasteiger partial charge in [0.1, 0.15) is 5.75 Å². The molecular formula is C14H7ClN2O4. The lowest BCUT2D eigenvalue weighted by molar-refractivity contribution is -0.384. The molecule has 0 spiro atoms. The summed E-state index contributed by atoms with van der Waals surface area (Å²) in [5, 5.41) is 19.3. The number of hydrogen-bond donors (Lipinski definition) is 0. The fourth-order valence-corrected chi connectivity index (χ4v) is 1.83. The van der Waals surface area contributed by atoms with Crippen LogP contribution in [0.15, 0.2) is 42.5 Å². The highest BCUT2D eigenvalue weighted by Gasteiger charge is 2.16. The van der Waals surface area contributed by atoms with Crippen molar-refractivity contribution in [2.24, 2.45) is 0 Å². The van der Waals surface area contributed by atoms with Gasteiger partial charge < -0.3 is 4.74 Å². The number of halogens is 1. The van der Waals surface area contributed by atoms with Gasteiger partial charge in [-0.05, 0) is 24.3 Å². The average Bonchev–Trinajstić information content (AvgIpc) is 2.47. The average molecular weight is 303 g/mol. The second-order valence-corrected chi connectivity index (χ2v) is 4.36. The summed E-state index contributed by atoms with van der Waals surface area (Å²) in [6.07, 6.45) is 0. The van der Waals surface area contributed by atoms with Crippen LogP contribution < -0.4 is 4.74 Å². The Bertz CT molecular complexity index is 768. The lowest BCUT2D eigenvalue weighted by Crippen LogP contribution is -2.09. The molecule has 0 saturated carbocycles. The Labute approximate surface area is 124 Å². The van der Waals surface area contributed by atoms with Crippen molar-refractivity contribution in [3.05, 3.63) is 68.7 Å². The lowest BCUT2D eigenvalue weighted by Gasteiger charge is -2.06. The number of carbonyl (C=O) groups is 1. The van der Waals surface area contributed by atoms with Crippen LogP contribution in [0.4, 0.5) is 5.69 Å². The minimum Gasteiger partial charge on any atom is -0.423 e. The first-order valence-electron chi connectivity index (χ1n) is 5.67. The number of benzene rings is 2. The van der Waals surface area contributed by atoms with E-state index in [-0.39, 0.29) is 22.0 Å². The number of rotatable bonds is 3. The van der Waals surface area contributed by atoms with E-state index in [2.05, 4.69) is 0 Å². The minimum absolute atomic E-state index is 0.00428. The van der Waals surface area contributed by atoms with Crippen molar-refractivity contribution in [3.63, 3.8) is 0 Å². The first-order valence-corrected chi connectivity index (χ1v) is 6.05. The summed E-state index contributed by atoms with van der Waals surface area (Å²) >= 11 is 5.84. The zero-order chi connectivity index (χ0) is 15.4. The molecule has 104 valence electrons. The molecule has 0 unspecified atom stereocenters. The molecule has 0 N–H and O–H groups in total. The van der Waals surface area contributed by atoms with Crippen LogP contribution in [-0.2, 0) is 0 Å². The van der Waals surface area contributed by atoms with Gasteiger partial charge in [0.2, 0.25) is 0 Å². The Morgan fingerprint density at radius 2 is 2.05 bits per heavy atom. The molecule has 0 atom stereocenters. The van der Waals surface area contributed by atoms with Gasteiger partial charge in [-0.3, -0.25) is 10.1 Å². The topological polar surface area (TPSA) is 93.2 Å². The molecule has 0 aliphatic rings. The summed E-state index contributed by atoms with van der Waals surface area (Å²) in [6.45, 7) is 0. The maximum Gasteiger partial charge on any atom is 0.345 e. The van der Waals surface area contributed by atoms with Crippen molar-refractivity contribution >= 4 is 23.3 Å². The second-order valence-electron chi connectivity index (χ2n) is 3.95. The molecule has 0 bridgehead atoms.